The van der Waals surface area contributed by atoms with Crippen molar-refractivity contribution in [3.63, 3.8) is 0 Å². The topological polar surface area (TPSA) is 114 Å². The molecule has 0 radical (unpaired) electrons. The van der Waals surface area contributed by atoms with Gasteiger partial charge in [-0.25, -0.2) is 18.7 Å². The molecule has 10 nitrogen and oxygen atoms in total. The van der Waals surface area contributed by atoms with Crippen LogP contribution in [0.5, 0.6) is 5.88 Å². The number of nitrogens with zero attached hydrogens (tertiary/aromatic N) is 7. The van der Waals surface area contributed by atoms with Crippen LogP contribution < -0.4 is 10.1 Å². The molecule has 1 N–H and O–H groups in total. The van der Waals surface area contributed by atoms with Crippen LogP contribution in [-0.2, 0) is 6.54 Å². The lowest BCUT2D eigenvalue weighted by molar-refractivity contribution is 0.0965. The molecule has 1 aromatic carbocycles. The number of rotatable bonds is 6. The van der Waals surface area contributed by atoms with Crippen molar-refractivity contribution in [2.45, 2.75) is 44.4 Å². The summed E-state index contributed by atoms with van der Waals surface area (Å²) in [6.45, 7) is 0.204. The molecule has 1 fully saturated rings. The van der Waals surface area contributed by atoms with Gasteiger partial charge in [0.1, 0.15) is 11.9 Å². The van der Waals surface area contributed by atoms with Crippen LogP contribution in [0.15, 0.2) is 48.8 Å². The number of fused-ring (bicyclic) bond motifs is 1. The summed E-state index contributed by atoms with van der Waals surface area (Å²) in [6, 6.07) is 12.1. The fraction of sp³-hybridized carbons (Fsp3) is 0.321. The predicted octanol–water partition coefficient (Wildman–Crippen LogP) is 3.63. The molecule has 1 amide bonds. The third-order valence-corrected chi connectivity index (χ3v) is 7.39. The van der Waals surface area contributed by atoms with Crippen molar-refractivity contribution < 1.29 is 13.9 Å². The molecule has 1 saturated carbocycles. The van der Waals surface area contributed by atoms with Crippen LogP contribution in [0.3, 0.4) is 0 Å². The molecule has 39 heavy (non-hydrogen) atoms. The highest BCUT2D eigenvalue weighted by atomic mass is 19.1. The van der Waals surface area contributed by atoms with Crippen LogP contribution in [-0.4, -0.2) is 61.6 Å². The van der Waals surface area contributed by atoms with Crippen molar-refractivity contribution >= 4 is 5.91 Å². The van der Waals surface area contributed by atoms with E-state index in [1.807, 2.05) is 12.1 Å². The summed E-state index contributed by atoms with van der Waals surface area (Å²) in [5.74, 6) is 0.206. The minimum atomic E-state index is -0.565. The van der Waals surface area contributed by atoms with E-state index in [1.165, 1.54) is 18.2 Å². The number of halogens is 1. The Bertz CT molecular complexity index is 1590. The number of ether oxygens (including phenoxy) is 1. The van der Waals surface area contributed by atoms with Gasteiger partial charge in [0, 0.05) is 30.6 Å². The Balaban J connectivity index is 1.29. The van der Waals surface area contributed by atoms with Crippen molar-refractivity contribution in [3.8, 4) is 34.7 Å². The highest BCUT2D eigenvalue weighted by Gasteiger charge is 2.28. The Labute approximate surface area is 224 Å². The second-order valence-corrected chi connectivity index (χ2v) is 10.0. The zero-order valence-corrected chi connectivity index (χ0v) is 21.6. The summed E-state index contributed by atoms with van der Waals surface area (Å²) in [4.78, 5) is 19.5. The van der Waals surface area contributed by atoms with Crippen LogP contribution in [0.1, 0.15) is 47.3 Å². The lowest BCUT2D eigenvalue weighted by Crippen LogP contribution is -2.35. The molecule has 0 spiro atoms. The second-order valence-electron chi connectivity index (χ2n) is 10.0. The minimum absolute atomic E-state index is 0.0873. The van der Waals surface area contributed by atoms with E-state index in [0.717, 1.165) is 25.7 Å². The molecule has 11 heteroatoms. The van der Waals surface area contributed by atoms with Gasteiger partial charge in [0.15, 0.2) is 5.82 Å². The van der Waals surface area contributed by atoms with E-state index in [0.29, 0.717) is 34.7 Å². The first-order valence-electron chi connectivity index (χ1n) is 12.9. The zero-order valence-electron chi connectivity index (χ0n) is 21.6. The van der Waals surface area contributed by atoms with Gasteiger partial charge in [-0.1, -0.05) is 6.07 Å². The number of pyridine rings is 1. The number of hydrogen-bond donors (Lipinski definition) is 1. The number of benzene rings is 1. The first-order valence-corrected chi connectivity index (χ1v) is 12.9. The molecule has 0 saturated heterocycles. The molecule has 0 bridgehead atoms. The fourth-order valence-corrected chi connectivity index (χ4v) is 5.32. The van der Waals surface area contributed by atoms with Crippen LogP contribution in [0, 0.1) is 17.1 Å². The molecule has 0 atom stereocenters. The summed E-state index contributed by atoms with van der Waals surface area (Å²) < 4.78 is 24.1. The van der Waals surface area contributed by atoms with Crippen molar-refractivity contribution in [3.05, 3.63) is 71.4 Å². The summed E-state index contributed by atoms with van der Waals surface area (Å²) in [6.07, 6.45) is 7.78. The Morgan fingerprint density at radius 2 is 1.87 bits per heavy atom. The average Bonchev–Trinajstić information content (AvgIpc) is 3.69. The van der Waals surface area contributed by atoms with Crippen molar-refractivity contribution in [1.29, 1.82) is 5.26 Å². The Kier molecular flexibility index (Phi) is 6.32. The summed E-state index contributed by atoms with van der Waals surface area (Å²) in [5.41, 5.74) is 1.77. The van der Waals surface area contributed by atoms with Crippen molar-refractivity contribution in [2.24, 2.45) is 0 Å². The number of nitriles is 1. The van der Waals surface area contributed by atoms with E-state index in [1.54, 1.807) is 33.9 Å². The van der Waals surface area contributed by atoms with E-state index in [9.17, 15) is 14.4 Å². The average molecular weight is 527 g/mol. The van der Waals surface area contributed by atoms with Gasteiger partial charge >= 0.3 is 0 Å². The van der Waals surface area contributed by atoms with Crippen LogP contribution in [0.25, 0.3) is 22.8 Å². The first-order chi connectivity index (χ1) is 18.9. The lowest BCUT2D eigenvalue weighted by Gasteiger charge is -2.32. The van der Waals surface area contributed by atoms with Gasteiger partial charge in [-0.15, -0.1) is 10.2 Å². The fourth-order valence-electron chi connectivity index (χ4n) is 5.32. The van der Waals surface area contributed by atoms with Gasteiger partial charge in [0.2, 0.25) is 5.88 Å². The molecule has 4 heterocycles. The monoisotopic (exact) mass is 526 g/mol. The smallest absolute Gasteiger partial charge is 0.255 e. The third-order valence-electron chi connectivity index (χ3n) is 7.39. The minimum Gasteiger partial charge on any atom is -0.473 e. The predicted molar refractivity (Wildman–Crippen MR) is 140 cm³/mol. The number of amides is 1. The second kappa shape index (κ2) is 9.96. The van der Waals surface area contributed by atoms with Gasteiger partial charge in [0.05, 0.1) is 46.4 Å². The van der Waals surface area contributed by atoms with E-state index < -0.39 is 5.82 Å². The number of carbonyl (C=O) groups excluding carboxylic acids is 1. The number of hydrogen-bond acceptors (Lipinski definition) is 7. The van der Waals surface area contributed by atoms with Crippen LogP contribution >= 0.6 is 0 Å². The maximum Gasteiger partial charge on any atom is 0.255 e. The van der Waals surface area contributed by atoms with E-state index >= 15 is 0 Å². The Morgan fingerprint density at radius 3 is 2.64 bits per heavy atom. The van der Waals surface area contributed by atoms with Crippen LogP contribution in [0.4, 0.5) is 4.39 Å². The van der Waals surface area contributed by atoms with Gasteiger partial charge in [0.25, 0.3) is 5.91 Å². The molecule has 6 rings (SSSR count). The van der Waals surface area contributed by atoms with Crippen LogP contribution in [0.2, 0.25) is 0 Å². The normalized spacial score (nSPS) is 18.6. The molecular formula is C28H27FN8O2. The molecule has 2 aliphatic rings. The van der Waals surface area contributed by atoms with Gasteiger partial charge in [-0.2, -0.15) is 5.26 Å². The first kappa shape index (κ1) is 24.8. The van der Waals surface area contributed by atoms with E-state index in [4.69, 9.17) is 4.74 Å². The summed E-state index contributed by atoms with van der Waals surface area (Å²) in [7, 11) is 4.23. The van der Waals surface area contributed by atoms with Gasteiger partial charge in [-0.05, 0) is 58.0 Å². The molecule has 0 unspecified atom stereocenters. The van der Waals surface area contributed by atoms with E-state index in [-0.39, 0.29) is 35.4 Å². The van der Waals surface area contributed by atoms with E-state index in [2.05, 4.69) is 39.5 Å². The van der Waals surface area contributed by atoms with Gasteiger partial charge in [-0.3, -0.25) is 4.79 Å². The van der Waals surface area contributed by atoms with Crippen molar-refractivity contribution in [2.75, 3.05) is 14.1 Å². The SMILES string of the molecule is CN(C)C1CCC(Oc2ccn(-c3ccn(-c4cc(-c5c(F)cccc5C#N)nc5c4C(=O)NC5)n3)n2)CC1. The lowest BCUT2D eigenvalue weighted by atomic mass is 9.92. The van der Waals surface area contributed by atoms with Gasteiger partial charge < -0.3 is 15.0 Å². The maximum absolute atomic E-state index is 14.8. The summed E-state index contributed by atoms with van der Waals surface area (Å²) in [5, 5.41) is 21.5. The molecule has 198 valence electrons. The number of nitrogens with one attached hydrogen (secondary N) is 1. The number of carbonyl (C=O) groups is 1. The molecule has 1 aliphatic heterocycles. The molecule has 4 aromatic rings. The standard InChI is InChI=1S/C28H27FN8O2/c1-35(2)18-6-8-19(9-7-18)39-25-11-13-37(34-25)24-10-12-36(33-24)23-14-21(32-22-16-31-28(38)27(22)23)26-17(15-30)4-3-5-20(26)29/h3-5,10-14,18-19H,6-9,16H2,1-2H3,(H,31,38). The summed E-state index contributed by atoms with van der Waals surface area (Å²) >= 11 is 0. The molecule has 1 aliphatic carbocycles. The Hall–Kier alpha value is -4.56. The quantitative estimate of drug-likeness (QED) is 0.408. The number of aromatic nitrogens is 5. The Morgan fingerprint density at radius 1 is 1.08 bits per heavy atom. The molecular weight excluding hydrogens is 499 g/mol. The third kappa shape index (κ3) is 4.64. The highest BCUT2D eigenvalue weighted by Crippen LogP contribution is 2.31. The van der Waals surface area contributed by atoms with Crippen molar-refractivity contribution in [1.82, 2.24) is 34.8 Å². The maximum atomic E-state index is 14.8. The zero-order chi connectivity index (χ0) is 27.1. The molecule has 3 aromatic heterocycles. The highest BCUT2D eigenvalue weighted by molar-refractivity contribution is 6.01. The largest absolute Gasteiger partial charge is 0.473 e.